The summed E-state index contributed by atoms with van der Waals surface area (Å²) in [6.07, 6.45) is 3.47. The number of hydrogen-bond acceptors (Lipinski definition) is 4. The molecule has 2 N–H and O–H groups in total. The van der Waals surface area contributed by atoms with Gasteiger partial charge in [0.15, 0.2) is 0 Å². The van der Waals surface area contributed by atoms with E-state index in [-0.39, 0.29) is 24.5 Å². The first-order chi connectivity index (χ1) is 16.9. The molecule has 7 heteroatoms. The van der Waals surface area contributed by atoms with Gasteiger partial charge in [-0.05, 0) is 43.2 Å². The number of rotatable bonds is 9. The smallest absolute Gasteiger partial charge is 0.252 e. The number of H-pyrrole nitrogens is 1. The van der Waals surface area contributed by atoms with Crippen LogP contribution >= 0.6 is 0 Å². The van der Waals surface area contributed by atoms with Crippen LogP contribution in [-0.2, 0) is 17.6 Å². The lowest BCUT2D eigenvalue weighted by Gasteiger charge is -2.09. The molecular weight excluding hydrogens is 445 g/mol. The Morgan fingerprint density at radius 2 is 1.86 bits per heavy atom. The normalized spacial score (nSPS) is 10.7. The quantitative estimate of drug-likeness (QED) is 0.341. The number of ketones is 1. The van der Waals surface area contributed by atoms with Crippen LogP contribution < -0.4 is 10.1 Å². The number of carbonyl (C=O) groups is 2. The Hall–Kier alpha value is -4.26. The van der Waals surface area contributed by atoms with E-state index in [2.05, 4.69) is 15.3 Å². The van der Waals surface area contributed by atoms with Gasteiger partial charge in [0.2, 0.25) is 0 Å². The third-order valence-corrected chi connectivity index (χ3v) is 5.42. The van der Waals surface area contributed by atoms with E-state index in [1.54, 1.807) is 42.7 Å². The van der Waals surface area contributed by atoms with Crippen molar-refractivity contribution in [2.24, 2.45) is 0 Å². The molecule has 0 bridgehead atoms. The summed E-state index contributed by atoms with van der Waals surface area (Å²) in [4.78, 5) is 31.8. The number of aromatic amines is 1. The summed E-state index contributed by atoms with van der Waals surface area (Å²) in [5.41, 5.74) is 4.08. The predicted octanol–water partition coefficient (Wildman–Crippen LogP) is 5.42. The Balaban J connectivity index is 1.42. The van der Waals surface area contributed by atoms with E-state index >= 15 is 0 Å². The Morgan fingerprint density at radius 3 is 2.63 bits per heavy atom. The molecule has 0 atom stereocenters. The Bertz CT molecular complexity index is 1360. The molecule has 0 spiro atoms. The number of aromatic nitrogens is 2. The Kier molecular flexibility index (Phi) is 7.35. The summed E-state index contributed by atoms with van der Waals surface area (Å²) < 4.78 is 20.5. The van der Waals surface area contributed by atoms with Crippen molar-refractivity contribution >= 4 is 11.7 Å². The summed E-state index contributed by atoms with van der Waals surface area (Å²) in [6, 6.07) is 17.3. The number of nitrogens with one attached hydrogen (secondary N) is 2. The van der Waals surface area contributed by atoms with Crippen LogP contribution in [0.2, 0.25) is 0 Å². The van der Waals surface area contributed by atoms with Crippen LogP contribution in [0.5, 0.6) is 11.5 Å². The maximum absolute atomic E-state index is 14.7. The number of hydrogen-bond donors (Lipinski definition) is 2. The third-order valence-electron chi connectivity index (χ3n) is 5.42. The number of ether oxygens (including phenoxy) is 1. The van der Waals surface area contributed by atoms with Crippen molar-refractivity contribution in [3.8, 4) is 22.9 Å². The van der Waals surface area contributed by atoms with Crippen LogP contribution in [0.25, 0.3) is 11.4 Å². The Labute approximate surface area is 203 Å². The average Bonchev–Trinajstić information content (AvgIpc) is 3.32. The van der Waals surface area contributed by atoms with E-state index in [9.17, 15) is 14.0 Å². The molecule has 0 fully saturated rings. The SMILES string of the molecule is CCNC(=O)c1c[nH]c(-c2cc(Oc3ccc(CC(=O)Cc4cccc(C)c4)c(F)c3)ccn2)c1. The van der Waals surface area contributed by atoms with Crippen LogP contribution in [0.1, 0.15) is 34.0 Å². The maximum atomic E-state index is 14.7. The first kappa shape index (κ1) is 23.9. The minimum absolute atomic E-state index is 0.0141. The average molecular weight is 472 g/mol. The number of benzene rings is 2. The lowest BCUT2D eigenvalue weighted by atomic mass is 10.0. The van der Waals surface area contributed by atoms with Crippen LogP contribution in [0.4, 0.5) is 4.39 Å². The van der Waals surface area contributed by atoms with E-state index in [1.165, 1.54) is 6.07 Å². The van der Waals surface area contributed by atoms with Gasteiger partial charge < -0.3 is 15.0 Å². The highest BCUT2D eigenvalue weighted by atomic mass is 19.1. The molecule has 0 saturated carbocycles. The summed E-state index contributed by atoms with van der Waals surface area (Å²) in [7, 11) is 0. The van der Waals surface area contributed by atoms with Crippen molar-refractivity contribution < 1.29 is 18.7 Å². The lowest BCUT2D eigenvalue weighted by molar-refractivity contribution is -0.117. The third kappa shape index (κ3) is 6.20. The fraction of sp³-hybridized carbons (Fsp3) is 0.179. The van der Waals surface area contributed by atoms with Gasteiger partial charge in [-0.1, -0.05) is 35.9 Å². The van der Waals surface area contributed by atoms with Crippen LogP contribution in [0, 0.1) is 12.7 Å². The Morgan fingerprint density at radius 1 is 1.03 bits per heavy atom. The van der Waals surface area contributed by atoms with Crippen molar-refractivity contribution in [3.63, 3.8) is 0 Å². The van der Waals surface area contributed by atoms with Gasteiger partial charge in [0.25, 0.3) is 5.91 Å². The van der Waals surface area contributed by atoms with Gasteiger partial charge in [0.1, 0.15) is 23.1 Å². The van der Waals surface area contributed by atoms with Gasteiger partial charge in [0, 0.05) is 43.9 Å². The zero-order valence-corrected chi connectivity index (χ0v) is 19.6. The molecule has 2 heterocycles. The number of nitrogens with zero attached hydrogens (tertiary/aromatic N) is 1. The molecule has 0 aliphatic rings. The van der Waals surface area contributed by atoms with Crippen molar-refractivity contribution in [2.75, 3.05) is 6.54 Å². The minimum atomic E-state index is -0.495. The fourth-order valence-electron chi connectivity index (χ4n) is 3.75. The lowest BCUT2D eigenvalue weighted by Crippen LogP contribution is -2.21. The second-order valence-corrected chi connectivity index (χ2v) is 8.27. The summed E-state index contributed by atoms with van der Waals surface area (Å²) in [6.45, 7) is 4.36. The van der Waals surface area contributed by atoms with Gasteiger partial charge in [-0.2, -0.15) is 0 Å². The zero-order valence-electron chi connectivity index (χ0n) is 19.6. The number of carbonyl (C=O) groups excluding carboxylic acids is 2. The molecule has 4 aromatic rings. The molecule has 0 radical (unpaired) electrons. The molecule has 0 aliphatic heterocycles. The molecule has 0 aliphatic carbocycles. The van der Waals surface area contributed by atoms with Gasteiger partial charge in [-0.15, -0.1) is 0 Å². The van der Waals surface area contributed by atoms with Crippen LogP contribution in [-0.4, -0.2) is 28.2 Å². The summed E-state index contributed by atoms with van der Waals surface area (Å²) in [5.74, 6) is 0.0522. The number of amides is 1. The molecule has 0 unspecified atom stereocenters. The van der Waals surface area contributed by atoms with Crippen molar-refractivity contribution in [2.45, 2.75) is 26.7 Å². The highest BCUT2D eigenvalue weighted by Gasteiger charge is 2.13. The largest absolute Gasteiger partial charge is 0.457 e. The molecule has 178 valence electrons. The highest BCUT2D eigenvalue weighted by Crippen LogP contribution is 2.27. The van der Waals surface area contributed by atoms with E-state index in [0.29, 0.717) is 40.6 Å². The monoisotopic (exact) mass is 471 g/mol. The highest BCUT2D eigenvalue weighted by molar-refractivity contribution is 5.95. The second-order valence-electron chi connectivity index (χ2n) is 8.27. The van der Waals surface area contributed by atoms with E-state index in [1.807, 2.05) is 38.1 Å². The van der Waals surface area contributed by atoms with Crippen molar-refractivity contribution in [3.05, 3.63) is 101 Å². The van der Waals surface area contributed by atoms with E-state index in [4.69, 9.17) is 4.74 Å². The number of Topliss-reactive ketones (excluding diaryl/α,β-unsaturated/α-hetero) is 1. The van der Waals surface area contributed by atoms with E-state index < -0.39 is 5.82 Å². The molecule has 1 amide bonds. The van der Waals surface area contributed by atoms with Gasteiger partial charge in [-0.25, -0.2) is 4.39 Å². The molecule has 4 rings (SSSR count). The number of pyridine rings is 1. The first-order valence-corrected chi connectivity index (χ1v) is 11.4. The summed E-state index contributed by atoms with van der Waals surface area (Å²) >= 11 is 0. The van der Waals surface area contributed by atoms with Crippen LogP contribution in [0.15, 0.2) is 73.1 Å². The molecule has 35 heavy (non-hydrogen) atoms. The van der Waals surface area contributed by atoms with Crippen molar-refractivity contribution in [1.82, 2.24) is 15.3 Å². The first-order valence-electron chi connectivity index (χ1n) is 11.4. The zero-order chi connectivity index (χ0) is 24.8. The molecule has 6 nitrogen and oxygen atoms in total. The number of halogens is 1. The van der Waals surface area contributed by atoms with Crippen molar-refractivity contribution in [1.29, 1.82) is 0 Å². The molecule has 2 aromatic heterocycles. The molecule has 0 saturated heterocycles. The van der Waals surface area contributed by atoms with E-state index in [0.717, 1.165) is 11.1 Å². The topological polar surface area (TPSA) is 84.1 Å². The molecule has 2 aromatic carbocycles. The standard InChI is InChI=1S/C28H26FN3O3/c1-3-30-28(34)21-14-26(32-17-21)27-16-24(9-10-31-27)35-23-8-7-20(25(29)15-23)13-22(33)12-19-6-4-5-18(2)11-19/h4-11,14-17,32H,3,12-13H2,1-2H3,(H,30,34). The van der Waals surface area contributed by atoms with Gasteiger partial charge in [-0.3, -0.25) is 14.6 Å². The summed E-state index contributed by atoms with van der Waals surface area (Å²) in [5, 5.41) is 2.75. The second kappa shape index (κ2) is 10.8. The molecular formula is C28H26FN3O3. The minimum Gasteiger partial charge on any atom is -0.457 e. The number of aryl methyl sites for hydroxylation is 1. The fourth-order valence-corrected chi connectivity index (χ4v) is 3.75. The van der Waals surface area contributed by atoms with Gasteiger partial charge in [0.05, 0.1) is 17.0 Å². The predicted molar refractivity (Wildman–Crippen MR) is 132 cm³/mol. The van der Waals surface area contributed by atoms with Gasteiger partial charge >= 0.3 is 0 Å². The van der Waals surface area contributed by atoms with Crippen LogP contribution in [0.3, 0.4) is 0 Å². The maximum Gasteiger partial charge on any atom is 0.252 e.